The molecule has 1 unspecified atom stereocenters. The van der Waals surface area contributed by atoms with Crippen LogP contribution in [0, 0.1) is 0 Å². The second-order valence-electron chi connectivity index (χ2n) is 6.17. The maximum absolute atomic E-state index is 12.9. The summed E-state index contributed by atoms with van der Waals surface area (Å²) in [6.45, 7) is -0.833. The number of amides is 2. The minimum Gasteiger partial charge on any atom is -0.439 e. The van der Waals surface area contributed by atoms with Crippen molar-refractivity contribution in [3.05, 3.63) is 65.7 Å². The molecule has 29 heavy (non-hydrogen) atoms. The minimum atomic E-state index is -4.71. The molecule has 0 bridgehead atoms. The molecule has 2 aromatic carbocycles. The van der Waals surface area contributed by atoms with Gasteiger partial charge < -0.3 is 4.74 Å². The van der Waals surface area contributed by atoms with Crippen LogP contribution in [0.25, 0.3) is 0 Å². The zero-order valence-corrected chi connectivity index (χ0v) is 15.5. The molecule has 154 valence electrons. The van der Waals surface area contributed by atoms with Gasteiger partial charge in [-0.1, -0.05) is 36.4 Å². The highest BCUT2D eigenvalue weighted by Crippen LogP contribution is 2.31. The molecule has 3 rings (SSSR count). The molecule has 0 radical (unpaired) electrons. The van der Waals surface area contributed by atoms with Crippen LogP contribution in [0.15, 0.2) is 59.5 Å². The Kier molecular flexibility index (Phi) is 5.62. The zero-order valence-electron chi connectivity index (χ0n) is 14.7. The Hall–Kier alpha value is -2.92. The first-order valence-corrected chi connectivity index (χ1v) is 9.78. The summed E-state index contributed by atoms with van der Waals surface area (Å²) in [4.78, 5) is 23.7. The van der Waals surface area contributed by atoms with Crippen LogP contribution in [-0.2, 0) is 25.7 Å². The highest BCUT2D eigenvalue weighted by molar-refractivity contribution is 7.89. The number of halogens is 3. The number of carbonyl (C=O) groups excluding carboxylic acids is 2. The van der Waals surface area contributed by atoms with Crippen molar-refractivity contribution < 1.29 is 35.9 Å². The molecule has 1 heterocycles. The maximum Gasteiger partial charge on any atom is 0.417 e. The van der Waals surface area contributed by atoms with Gasteiger partial charge in [-0.25, -0.2) is 22.8 Å². The number of carbonyl (C=O) groups is 2. The molecule has 1 N–H and O–H groups in total. The highest BCUT2D eigenvalue weighted by atomic mass is 32.2. The molecule has 1 atom stereocenters. The number of cyclic esters (lactones) is 1. The summed E-state index contributed by atoms with van der Waals surface area (Å²) in [6, 6.07) is 10.2. The molecule has 1 saturated heterocycles. The van der Waals surface area contributed by atoms with Crippen LogP contribution >= 0.6 is 0 Å². The molecule has 0 spiro atoms. The van der Waals surface area contributed by atoms with E-state index in [1.807, 2.05) is 0 Å². The van der Waals surface area contributed by atoms with Crippen LogP contribution in [-0.4, -0.2) is 38.5 Å². The lowest BCUT2D eigenvalue weighted by Crippen LogP contribution is -2.40. The molecular weight excluding hydrogens is 413 g/mol. The second kappa shape index (κ2) is 7.84. The summed E-state index contributed by atoms with van der Waals surface area (Å²) in [5, 5.41) is 0. The first kappa shape index (κ1) is 20.8. The first-order valence-electron chi connectivity index (χ1n) is 8.29. The summed E-state index contributed by atoms with van der Waals surface area (Å²) in [6.07, 6.45) is -5.63. The van der Waals surface area contributed by atoms with Crippen molar-refractivity contribution in [2.75, 3.05) is 13.2 Å². The van der Waals surface area contributed by atoms with Gasteiger partial charge in [0.25, 0.3) is 5.91 Å². The Balaban J connectivity index is 1.93. The van der Waals surface area contributed by atoms with E-state index in [0.717, 1.165) is 23.1 Å². The third-order valence-corrected chi connectivity index (χ3v) is 5.65. The largest absolute Gasteiger partial charge is 0.439 e. The van der Waals surface area contributed by atoms with Gasteiger partial charge in [0, 0.05) is 0 Å². The van der Waals surface area contributed by atoms with E-state index in [4.69, 9.17) is 0 Å². The Morgan fingerprint density at radius 3 is 2.34 bits per heavy atom. The van der Waals surface area contributed by atoms with Gasteiger partial charge in [-0.2, -0.15) is 13.2 Å². The van der Waals surface area contributed by atoms with E-state index in [-0.39, 0.29) is 6.54 Å². The summed E-state index contributed by atoms with van der Waals surface area (Å²) in [5.74, 6) is -0.644. The van der Waals surface area contributed by atoms with Crippen LogP contribution in [0.1, 0.15) is 17.2 Å². The zero-order chi connectivity index (χ0) is 21.2. The van der Waals surface area contributed by atoms with Gasteiger partial charge in [-0.15, -0.1) is 0 Å². The Morgan fingerprint density at radius 2 is 1.76 bits per heavy atom. The number of imide groups is 1. The second-order valence-corrected chi connectivity index (χ2v) is 7.88. The normalized spacial score (nSPS) is 16.0. The lowest BCUT2D eigenvalue weighted by molar-refractivity contribution is -0.137. The highest BCUT2D eigenvalue weighted by Gasteiger charge is 2.35. The molecule has 7 nitrogen and oxygen atoms in total. The Morgan fingerprint density at radius 1 is 1.07 bits per heavy atom. The van der Waals surface area contributed by atoms with Crippen molar-refractivity contribution in [3.63, 3.8) is 0 Å². The Labute approximate surface area is 164 Å². The van der Waals surface area contributed by atoms with E-state index in [0.29, 0.717) is 11.6 Å². The van der Waals surface area contributed by atoms with Crippen LogP contribution in [0.3, 0.4) is 0 Å². The molecular formula is C18H15F3N2O5S. The van der Waals surface area contributed by atoms with Gasteiger partial charge in [0.15, 0.2) is 6.61 Å². The van der Waals surface area contributed by atoms with Gasteiger partial charge in [-0.05, 0) is 23.8 Å². The lowest BCUT2D eigenvalue weighted by Gasteiger charge is -2.23. The van der Waals surface area contributed by atoms with Crippen LogP contribution in [0.4, 0.5) is 18.0 Å². The third-order valence-electron chi connectivity index (χ3n) is 4.18. The van der Waals surface area contributed by atoms with Crippen LogP contribution in [0.5, 0.6) is 0 Å². The predicted octanol–water partition coefficient (Wildman–Crippen LogP) is 2.70. The van der Waals surface area contributed by atoms with Gasteiger partial charge in [0.05, 0.1) is 23.0 Å². The molecule has 11 heteroatoms. The third kappa shape index (κ3) is 4.74. The number of benzene rings is 2. The van der Waals surface area contributed by atoms with Crippen LogP contribution < -0.4 is 4.72 Å². The van der Waals surface area contributed by atoms with Crippen molar-refractivity contribution in [2.24, 2.45) is 0 Å². The Bertz CT molecular complexity index is 1010. The number of ether oxygens (including phenoxy) is 1. The van der Waals surface area contributed by atoms with E-state index in [2.05, 4.69) is 9.46 Å². The molecule has 1 aliphatic heterocycles. The summed E-state index contributed by atoms with van der Waals surface area (Å²) in [5.41, 5.74) is -0.703. The number of hydrogen-bond acceptors (Lipinski definition) is 5. The predicted molar refractivity (Wildman–Crippen MR) is 94.0 cm³/mol. The first-order chi connectivity index (χ1) is 13.6. The fourth-order valence-electron chi connectivity index (χ4n) is 2.73. The van der Waals surface area contributed by atoms with Crippen LogP contribution in [0.2, 0.25) is 0 Å². The number of sulfonamides is 1. The SMILES string of the molecule is O=C1COC(=O)N1CC(NS(=O)(=O)c1cccc(C(F)(F)F)c1)c1ccccc1. The number of rotatable bonds is 6. The van der Waals surface area contributed by atoms with E-state index >= 15 is 0 Å². The molecule has 2 amide bonds. The van der Waals surface area contributed by atoms with Crippen molar-refractivity contribution in [1.29, 1.82) is 0 Å². The summed E-state index contributed by atoms with van der Waals surface area (Å²) < 4.78 is 71.1. The summed E-state index contributed by atoms with van der Waals surface area (Å²) in [7, 11) is -4.41. The van der Waals surface area contributed by atoms with E-state index in [1.165, 1.54) is 0 Å². The molecule has 0 saturated carbocycles. The minimum absolute atomic E-state index is 0.375. The standard InChI is InChI=1S/C18H15F3N2O5S/c19-18(20,21)13-7-4-8-14(9-13)29(26,27)22-15(12-5-2-1-3-6-12)10-23-16(24)11-28-17(23)25/h1-9,15,22H,10-11H2. The number of hydrogen-bond donors (Lipinski definition) is 1. The lowest BCUT2D eigenvalue weighted by atomic mass is 10.1. The van der Waals surface area contributed by atoms with Crippen molar-refractivity contribution >= 4 is 22.0 Å². The van der Waals surface area contributed by atoms with Gasteiger partial charge in [0.1, 0.15) is 0 Å². The fraction of sp³-hybridized carbons (Fsp3) is 0.222. The quantitative estimate of drug-likeness (QED) is 0.764. The number of alkyl halides is 3. The number of nitrogens with zero attached hydrogens (tertiary/aromatic N) is 1. The molecule has 1 fully saturated rings. The van der Waals surface area contributed by atoms with Gasteiger partial charge in [0.2, 0.25) is 10.0 Å². The van der Waals surface area contributed by atoms with E-state index in [1.54, 1.807) is 30.3 Å². The monoisotopic (exact) mass is 428 g/mol. The number of nitrogens with one attached hydrogen (secondary N) is 1. The van der Waals surface area contributed by atoms with Crippen molar-refractivity contribution in [3.8, 4) is 0 Å². The average Bonchev–Trinajstić information content (AvgIpc) is 2.99. The topological polar surface area (TPSA) is 92.8 Å². The molecule has 0 aromatic heterocycles. The molecule has 0 aliphatic carbocycles. The fourth-order valence-corrected chi connectivity index (χ4v) is 3.99. The van der Waals surface area contributed by atoms with Gasteiger partial charge >= 0.3 is 12.3 Å². The van der Waals surface area contributed by atoms with E-state index < -0.39 is 51.3 Å². The van der Waals surface area contributed by atoms with Crippen molar-refractivity contribution in [1.82, 2.24) is 9.62 Å². The summed E-state index contributed by atoms with van der Waals surface area (Å²) >= 11 is 0. The smallest absolute Gasteiger partial charge is 0.417 e. The molecule has 1 aliphatic rings. The van der Waals surface area contributed by atoms with E-state index in [9.17, 15) is 31.2 Å². The van der Waals surface area contributed by atoms with Gasteiger partial charge in [-0.3, -0.25) is 4.79 Å². The average molecular weight is 428 g/mol. The van der Waals surface area contributed by atoms with Crippen molar-refractivity contribution in [2.45, 2.75) is 17.1 Å². The molecule has 2 aromatic rings. The maximum atomic E-state index is 12.9.